The van der Waals surface area contributed by atoms with Gasteiger partial charge in [0, 0.05) is 23.5 Å². The summed E-state index contributed by atoms with van der Waals surface area (Å²) in [6.07, 6.45) is -3.54. The Kier molecular flexibility index (Phi) is 6.89. The zero-order valence-corrected chi connectivity index (χ0v) is 19.0. The highest BCUT2D eigenvalue weighted by atomic mass is 32.2. The lowest BCUT2D eigenvalue weighted by Crippen LogP contribution is -2.25. The molecule has 0 fully saturated rings. The van der Waals surface area contributed by atoms with E-state index in [0.29, 0.717) is 24.2 Å². The fourth-order valence-corrected chi connectivity index (χ4v) is 5.34. The van der Waals surface area contributed by atoms with E-state index in [9.17, 15) is 23.1 Å². The standard InChI is InChI=1S/C25H27F3O2S/c1-14-9-15(2)23(16(3)10-14)24-21(29)11-18(12-22(24)30)17(4)13-31-20-7-5-19(6-8-20)25(26,27)28/h5-10,17-18,29H,11-13H2,1-4H3. The molecule has 2 aromatic carbocycles. The highest BCUT2D eigenvalue weighted by Gasteiger charge is 2.33. The molecule has 0 bridgehead atoms. The Morgan fingerprint density at radius 3 is 2.16 bits per heavy atom. The van der Waals surface area contributed by atoms with Crippen molar-refractivity contribution in [3.63, 3.8) is 0 Å². The van der Waals surface area contributed by atoms with Crippen LogP contribution in [0, 0.1) is 32.6 Å². The van der Waals surface area contributed by atoms with Crippen LogP contribution in [0.25, 0.3) is 5.57 Å². The number of thioether (sulfide) groups is 1. The molecule has 31 heavy (non-hydrogen) atoms. The predicted molar refractivity (Wildman–Crippen MR) is 119 cm³/mol. The van der Waals surface area contributed by atoms with Crippen molar-refractivity contribution in [2.75, 3.05) is 5.75 Å². The van der Waals surface area contributed by atoms with Gasteiger partial charge in [-0.05, 0) is 73.6 Å². The maximum absolute atomic E-state index is 13.0. The van der Waals surface area contributed by atoms with Crippen molar-refractivity contribution in [2.45, 2.75) is 51.6 Å². The molecular weight excluding hydrogens is 421 g/mol. The van der Waals surface area contributed by atoms with Gasteiger partial charge >= 0.3 is 6.18 Å². The number of benzene rings is 2. The molecule has 2 nitrogen and oxygen atoms in total. The van der Waals surface area contributed by atoms with E-state index >= 15 is 0 Å². The zero-order valence-electron chi connectivity index (χ0n) is 18.1. The van der Waals surface area contributed by atoms with Crippen LogP contribution in [0.15, 0.2) is 47.1 Å². The number of hydrogen-bond donors (Lipinski definition) is 1. The number of alkyl halides is 3. The molecule has 6 heteroatoms. The first-order chi connectivity index (χ1) is 14.5. The second kappa shape index (κ2) is 9.11. The van der Waals surface area contributed by atoms with Gasteiger partial charge in [0.05, 0.1) is 11.1 Å². The molecule has 3 rings (SSSR count). The normalized spacial score (nSPS) is 18.4. The van der Waals surface area contributed by atoms with Crippen LogP contribution < -0.4 is 0 Å². The van der Waals surface area contributed by atoms with Gasteiger partial charge in [-0.1, -0.05) is 24.6 Å². The Morgan fingerprint density at radius 1 is 1.06 bits per heavy atom. The highest BCUT2D eigenvalue weighted by molar-refractivity contribution is 7.99. The minimum Gasteiger partial charge on any atom is -0.512 e. The average Bonchev–Trinajstić information content (AvgIpc) is 2.67. The van der Waals surface area contributed by atoms with Crippen LogP contribution in [0.1, 0.15) is 47.6 Å². The van der Waals surface area contributed by atoms with Gasteiger partial charge in [0.2, 0.25) is 0 Å². The number of aryl methyl sites for hydroxylation is 3. The minimum atomic E-state index is -4.34. The third-order valence-electron chi connectivity index (χ3n) is 5.90. The molecule has 1 aliphatic rings. The van der Waals surface area contributed by atoms with Gasteiger partial charge < -0.3 is 5.11 Å². The monoisotopic (exact) mass is 448 g/mol. The number of aliphatic hydroxyl groups excluding tert-OH is 1. The fraction of sp³-hybridized carbons (Fsp3) is 0.400. The fourth-order valence-electron chi connectivity index (χ4n) is 4.29. The number of halogens is 3. The molecule has 1 N–H and O–H groups in total. The Hall–Kier alpha value is -2.21. The lowest BCUT2D eigenvalue weighted by Gasteiger charge is -2.29. The smallest absolute Gasteiger partial charge is 0.416 e. The van der Waals surface area contributed by atoms with Crippen LogP contribution in [0.5, 0.6) is 0 Å². The third-order valence-corrected chi connectivity index (χ3v) is 7.19. The highest BCUT2D eigenvalue weighted by Crippen LogP contribution is 2.39. The Bertz CT molecular complexity index is 983. The van der Waals surface area contributed by atoms with Crippen LogP contribution in [0.4, 0.5) is 13.2 Å². The van der Waals surface area contributed by atoms with Gasteiger partial charge in [-0.2, -0.15) is 13.2 Å². The number of allylic oxidation sites excluding steroid dienone is 2. The van der Waals surface area contributed by atoms with Crippen molar-refractivity contribution in [1.82, 2.24) is 0 Å². The van der Waals surface area contributed by atoms with Gasteiger partial charge in [-0.3, -0.25) is 4.79 Å². The molecule has 0 spiro atoms. The quantitative estimate of drug-likeness (QED) is 0.487. The number of rotatable bonds is 5. The molecule has 0 aromatic heterocycles. The third kappa shape index (κ3) is 5.35. The largest absolute Gasteiger partial charge is 0.512 e. The lowest BCUT2D eigenvalue weighted by atomic mass is 9.77. The van der Waals surface area contributed by atoms with Gasteiger partial charge in [0.15, 0.2) is 5.78 Å². The molecule has 0 radical (unpaired) electrons. The minimum absolute atomic E-state index is 0.00394. The summed E-state index contributed by atoms with van der Waals surface area (Å²) in [6.45, 7) is 7.94. The van der Waals surface area contributed by atoms with E-state index in [1.165, 1.54) is 23.9 Å². The summed E-state index contributed by atoms with van der Waals surface area (Å²) in [5, 5.41) is 10.8. The summed E-state index contributed by atoms with van der Waals surface area (Å²) >= 11 is 1.47. The predicted octanol–water partition coefficient (Wildman–Crippen LogP) is 7.31. The van der Waals surface area contributed by atoms with E-state index < -0.39 is 11.7 Å². The maximum Gasteiger partial charge on any atom is 0.416 e. The molecule has 0 amide bonds. The molecule has 0 saturated carbocycles. The van der Waals surface area contributed by atoms with Crippen LogP contribution in [0.2, 0.25) is 0 Å². The van der Waals surface area contributed by atoms with Gasteiger partial charge in [-0.25, -0.2) is 0 Å². The zero-order chi connectivity index (χ0) is 22.9. The van der Waals surface area contributed by atoms with Crippen molar-refractivity contribution in [3.05, 3.63) is 70.0 Å². The first-order valence-corrected chi connectivity index (χ1v) is 11.3. The number of ketones is 1. The van der Waals surface area contributed by atoms with E-state index in [-0.39, 0.29) is 23.4 Å². The molecule has 2 atom stereocenters. The van der Waals surface area contributed by atoms with Gasteiger partial charge in [0.1, 0.15) is 5.76 Å². The number of aliphatic hydroxyl groups is 1. The molecule has 0 heterocycles. The summed E-state index contributed by atoms with van der Waals surface area (Å²) in [5.74, 6) is 0.886. The molecule has 2 aromatic rings. The van der Waals surface area contributed by atoms with Crippen LogP contribution in [-0.4, -0.2) is 16.6 Å². The van der Waals surface area contributed by atoms with E-state index in [4.69, 9.17) is 0 Å². The summed E-state index contributed by atoms with van der Waals surface area (Å²) in [4.78, 5) is 13.7. The van der Waals surface area contributed by atoms with E-state index in [1.54, 1.807) is 0 Å². The number of hydrogen-bond acceptors (Lipinski definition) is 3. The SMILES string of the molecule is Cc1cc(C)c(C2=C(O)CC(C(C)CSc3ccc(C(F)(F)F)cc3)CC2=O)c(C)c1. The van der Waals surface area contributed by atoms with Crippen molar-refractivity contribution >= 4 is 23.1 Å². The van der Waals surface area contributed by atoms with Crippen molar-refractivity contribution in [3.8, 4) is 0 Å². The van der Waals surface area contributed by atoms with Crippen molar-refractivity contribution < 1.29 is 23.1 Å². The molecule has 2 unspecified atom stereocenters. The first-order valence-electron chi connectivity index (χ1n) is 10.3. The topological polar surface area (TPSA) is 37.3 Å². The Labute approximate surface area is 185 Å². The summed E-state index contributed by atoms with van der Waals surface area (Å²) < 4.78 is 38.1. The van der Waals surface area contributed by atoms with E-state index in [1.807, 2.05) is 39.8 Å². The van der Waals surface area contributed by atoms with Crippen LogP contribution >= 0.6 is 11.8 Å². The molecule has 166 valence electrons. The number of Topliss-reactive ketones (excluding diaryl/α,β-unsaturated/α-hetero) is 1. The lowest BCUT2D eigenvalue weighted by molar-refractivity contribution is -0.137. The van der Waals surface area contributed by atoms with Crippen molar-refractivity contribution in [1.29, 1.82) is 0 Å². The average molecular weight is 449 g/mol. The number of carbonyl (C=O) groups is 1. The Morgan fingerprint density at radius 2 is 1.65 bits per heavy atom. The summed E-state index contributed by atoms with van der Waals surface area (Å²) in [7, 11) is 0. The Balaban J connectivity index is 1.70. The molecule has 0 saturated heterocycles. The second-order valence-corrected chi connectivity index (χ2v) is 9.59. The summed E-state index contributed by atoms with van der Waals surface area (Å²) in [6, 6.07) is 9.17. The van der Waals surface area contributed by atoms with Crippen LogP contribution in [0.3, 0.4) is 0 Å². The maximum atomic E-state index is 13.0. The van der Waals surface area contributed by atoms with Gasteiger partial charge in [0.25, 0.3) is 0 Å². The number of carbonyl (C=O) groups excluding carboxylic acids is 1. The first kappa shape index (κ1) is 23.5. The van der Waals surface area contributed by atoms with Crippen LogP contribution in [-0.2, 0) is 11.0 Å². The van der Waals surface area contributed by atoms with E-state index in [2.05, 4.69) is 0 Å². The second-order valence-electron chi connectivity index (χ2n) is 8.50. The van der Waals surface area contributed by atoms with Gasteiger partial charge in [-0.15, -0.1) is 11.8 Å². The van der Waals surface area contributed by atoms with Crippen molar-refractivity contribution in [2.24, 2.45) is 11.8 Å². The van der Waals surface area contributed by atoms with E-state index in [0.717, 1.165) is 39.3 Å². The molecule has 1 aliphatic carbocycles. The molecular formula is C25H27F3O2S. The summed E-state index contributed by atoms with van der Waals surface area (Å²) in [5.41, 5.74) is 3.70. The molecule has 0 aliphatic heterocycles.